The van der Waals surface area contributed by atoms with Gasteiger partial charge < -0.3 is 0 Å². The summed E-state index contributed by atoms with van der Waals surface area (Å²) in [5.74, 6) is 0.0293. The van der Waals surface area contributed by atoms with Crippen LogP contribution in [0.4, 0.5) is 0 Å². The van der Waals surface area contributed by atoms with Gasteiger partial charge in [-0.1, -0.05) is 47.1 Å². The van der Waals surface area contributed by atoms with E-state index in [1.54, 1.807) is 36.5 Å². The Morgan fingerprint density at radius 3 is 2.88 bits per heavy atom. The van der Waals surface area contributed by atoms with Crippen molar-refractivity contribution in [1.82, 2.24) is 10.4 Å². The molecule has 1 aromatic heterocycles. The van der Waals surface area contributed by atoms with Crippen molar-refractivity contribution in [3.63, 3.8) is 0 Å². The molecule has 4 nitrogen and oxygen atoms in total. The number of rotatable bonds is 5. The van der Waals surface area contributed by atoms with Crippen molar-refractivity contribution in [3.05, 3.63) is 58.1 Å². The summed E-state index contributed by atoms with van der Waals surface area (Å²) in [6.45, 7) is 1.76. The Bertz CT molecular complexity index is 923. The lowest BCUT2D eigenvalue weighted by Crippen LogP contribution is -2.21. The second-order valence-corrected chi connectivity index (χ2v) is 8.19. The third-order valence-electron chi connectivity index (χ3n) is 3.27. The van der Waals surface area contributed by atoms with Crippen LogP contribution in [-0.2, 0) is 4.79 Å². The van der Waals surface area contributed by atoms with E-state index in [9.17, 15) is 4.79 Å². The van der Waals surface area contributed by atoms with Gasteiger partial charge in [-0.05, 0) is 37.3 Å². The van der Waals surface area contributed by atoms with E-state index in [1.807, 2.05) is 24.3 Å². The molecule has 128 valence electrons. The molecule has 1 heterocycles. The molecule has 0 aliphatic carbocycles. The van der Waals surface area contributed by atoms with E-state index in [0.717, 1.165) is 14.6 Å². The molecule has 0 unspecified atom stereocenters. The predicted molar refractivity (Wildman–Crippen MR) is 107 cm³/mol. The lowest BCUT2D eigenvalue weighted by atomic mass is 10.1. The molecule has 0 bridgehead atoms. The smallest absolute Gasteiger partial charge is 0.250 e. The van der Waals surface area contributed by atoms with Gasteiger partial charge in [-0.25, -0.2) is 10.4 Å². The van der Waals surface area contributed by atoms with Crippen LogP contribution in [0.5, 0.6) is 0 Å². The van der Waals surface area contributed by atoms with Crippen LogP contribution in [0, 0.1) is 0 Å². The average Bonchev–Trinajstić information content (AvgIpc) is 3.03. The highest BCUT2D eigenvalue weighted by molar-refractivity contribution is 8.01. The van der Waals surface area contributed by atoms with E-state index in [1.165, 1.54) is 11.8 Å². The van der Waals surface area contributed by atoms with Crippen LogP contribution >= 0.6 is 46.3 Å². The summed E-state index contributed by atoms with van der Waals surface area (Å²) in [7, 11) is 0. The van der Waals surface area contributed by atoms with Crippen LogP contribution in [0.2, 0.25) is 10.0 Å². The lowest BCUT2D eigenvalue weighted by molar-refractivity contribution is -0.118. The van der Waals surface area contributed by atoms with Crippen molar-refractivity contribution in [2.75, 3.05) is 5.75 Å². The second kappa shape index (κ2) is 8.19. The number of benzene rings is 2. The van der Waals surface area contributed by atoms with E-state index >= 15 is 0 Å². The number of carbonyl (C=O) groups excluding carboxylic acids is 1. The first kappa shape index (κ1) is 18.2. The fourth-order valence-electron chi connectivity index (χ4n) is 2.05. The first-order valence-corrected chi connectivity index (χ1v) is 9.85. The van der Waals surface area contributed by atoms with Gasteiger partial charge in [0.25, 0.3) is 5.91 Å². The molecule has 0 saturated carbocycles. The molecule has 3 rings (SSSR count). The number of nitrogens with one attached hydrogen (secondary N) is 1. The molecule has 0 atom stereocenters. The highest BCUT2D eigenvalue weighted by Gasteiger charge is 2.09. The molecule has 0 spiro atoms. The zero-order valence-corrected chi connectivity index (χ0v) is 16.3. The van der Waals surface area contributed by atoms with Gasteiger partial charge in [0.1, 0.15) is 0 Å². The van der Waals surface area contributed by atoms with Crippen LogP contribution in [0.1, 0.15) is 12.5 Å². The van der Waals surface area contributed by atoms with Crippen LogP contribution in [0.3, 0.4) is 0 Å². The Kier molecular flexibility index (Phi) is 5.96. The van der Waals surface area contributed by atoms with Crippen LogP contribution in [0.15, 0.2) is 51.9 Å². The molecule has 0 saturated heterocycles. The Hall–Kier alpha value is -1.60. The molecule has 0 aliphatic rings. The van der Waals surface area contributed by atoms with Crippen LogP contribution in [0.25, 0.3) is 10.2 Å². The maximum atomic E-state index is 12.0. The monoisotopic (exact) mass is 409 g/mol. The van der Waals surface area contributed by atoms with Gasteiger partial charge in [-0.3, -0.25) is 4.79 Å². The zero-order chi connectivity index (χ0) is 17.8. The van der Waals surface area contributed by atoms with Gasteiger partial charge in [0, 0.05) is 15.6 Å². The SMILES string of the molecule is C/C(=N/NC(=O)CSc1nc2ccccc2s1)c1cc(Cl)ccc1Cl. The van der Waals surface area contributed by atoms with E-state index in [2.05, 4.69) is 15.5 Å². The Balaban J connectivity index is 1.59. The van der Waals surface area contributed by atoms with Gasteiger partial charge in [0.2, 0.25) is 0 Å². The van der Waals surface area contributed by atoms with E-state index < -0.39 is 0 Å². The minimum atomic E-state index is -0.207. The summed E-state index contributed by atoms with van der Waals surface area (Å²) in [4.78, 5) is 16.5. The minimum absolute atomic E-state index is 0.207. The van der Waals surface area contributed by atoms with E-state index in [0.29, 0.717) is 21.3 Å². The highest BCUT2D eigenvalue weighted by Crippen LogP contribution is 2.29. The number of hydrogen-bond acceptors (Lipinski definition) is 5. The van der Waals surface area contributed by atoms with Crippen LogP contribution in [-0.4, -0.2) is 22.4 Å². The summed E-state index contributed by atoms with van der Waals surface area (Å²) < 4.78 is 1.96. The topological polar surface area (TPSA) is 54.4 Å². The van der Waals surface area contributed by atoms with E-state index in [-0.39, 0.29) is 11.7 Å². The third-order valence-corrected chi connectivity index (χ3v) is 6.01. The number of para-hydroxylation sites is 1. The number of hydrogen-bond donors (Lipinski definition) is 1. The Morgan fingerprint density at radius 2 is 2.08 bits per heavy atom. The second-order valence-electron chi connectivity index (χ2n) is 5.09. The first-order chi connectivity index (χ1) is 12.0. The summed E-state index contributed by atoms with van der Waals surface area (Å²) in [6, 6.07) is 13.0. The number of thiazole rings is 1. The summed E-state index contributed by atoms with van der Waals surface area (Å²) in [5.41, 5.74) is 4.76. The number of amides is 1. The molecule has 0 radical (unpaired) electrons. The normalized spacial score (nSPS) is 11.7. The number of aromatic nitrogens is 1. The molecule has 2 aromatic carbocycles. The molecule has 0 aliphatic heterocycles. The van der Waals surface area contributed by atoms with Gasteiger partial charge in [0.05, 0.1) is 21.7 Å². The lowest BCUT2D eigenvalue weighted by Gasteiger charge is -2.05. The fourth-order valence-corrected chi connectivity index (χ4v) is 4.34. The molecule has 8 heteroatoms. The molecule has 1 N–H and O–H groups in total. The fraction of sp³-hybridized carbons (Fsp3) is 0.118. The number of thioether (sulfide) groups is 1. The van der Waals surface area contributed by atoms with Crippen molar-refractivity contribution >= 4 is 68.1 Å². The van der Waals surface area contributed by atoms with Crippen molar-refractivity contribution in [2.24, 2.45) is 5.10 Å². The van der Waals surface area contributed by atoms with Crippen LogP contribution < -0.4 is 5.43 Å². The van der Waals surface area contributed by atoms with Crippen molar-refractivity contribution in [3.8, 4) is 0 Å². The van der Waals surface area contributed by atoms with Crippen molar-refractivity contribution < 1.29 is 4.79 Å². The number of hydrazone groups is 1. The Labute approximate surface area is 163 Å². The number of nitrogens with zero attached hydrogens (tertiary/aromatic N) is 2. The predicted octanol–water partition coefficient (Wildman–Crippen LogP) is 5.24. The van der Waals surface area contributed by atoms with Gasteiger partial charge in [-0.15, -0.1) is 11.3 Å². The number of fused-ring (bicyclic) bond motifs is 1. The average molecular weight is 410 g/mol. The van der Waals surface area contributed by atoms with E-state index in [4.69, 9.17) is 23.2 Å². The van der Waals surface area contributed by atoms with Crippen molar-refractivity contribution in [1.29, 1.82) is 0 Å². The molecule has 1 amide bonds. The molecular weight excluding hydrogens is 397 g/mol. The molecule has 3 aromatic rings. The maximum absolute atomic E-state index is 12.0. The first-order valence-electron chi connectivity index (χ1n) is 7.30. The quantitative estimate of drug-likeness (QED) is 0.356. The van der Waals surface area contributed by atoms with Gasteiger partial charge in [0.15, 0.2) is 4.34 Å². The van der Waals surface area contributed by atoms with Crippen molar-refractivity contribution in [2.45, 2.75) is 11.3 Å². The number of carbonyl (C=O) groups is 1. The Morgan fingerprint density at radius 1 is 1.28 bits per heavy atom. The molecular formula is C17H13Cl2N3OS2. The molecule has 25 heavy (non-hydrogen) atoms. The minimum Gasteiger partial charge on any atom is -0.272 e. The standard InChI is InChI=1S/C17H13Cl2N3OS2/c1-10(12-8-11(18)6-7-13(12)19)21-22-16(23)9-24-17-20-14-4-2-3-5-15(14)25-17/h2-8H,9H2,1H3,(H,22,23)/b21-10-. The largest absolute Gasteiger partial charge is 0.272 e. The zero-order valence-electron chi connectivity index (χ0n) is 13.1. The summed E-state index contributed by atoms with van der Waals surface area (Å²) >= 11 is 15.0. The number of halogens is 2. The van der Waals surface area contributed by atoms with Gasteiger partial charge >= 0.3 is 0 Å². The third kappa shape index (κ3) is 4.73. The highest BCUT2D eigenvalue weighted by atomic mass is 35.5. The summed E-state index contributed by atoms with van der Waals surface area (Å²) in [5, 5.41) is 5.19. The maximum Gasteiger partial charge on any atom is 0.250 e. The molecule has 0 fully saturated rings. The summed E-state index contributed by atoms with van der Waals surface area (Å²) in [6.07, 6.45) is 0. The van der Waals surface area contributed by atoms with Gasteiger partial charge in [-0.2, -0.15) is 5.10 Å².